The topological polar surface area (TPSA) is 0 Å². The van der Waals surface area contributed by atoms with Crippen LogP contribution < -0.4 is 0 Å². The Balaban J connectivity index is 2.90. The van der Waals surface area contributed by atoms with Gasteiger partial charge < -0.3 is 0 Å². The van der Waals surface area contributed by atoms with Gasteiger partial charge in [0, 0.05) is 10.9 Å². The van der Waals surface area contributed by atoms with Gasteiger partial charge in [-0.2, -0.15) is 0 Å². The molecule has 0 bridgehead atoms. The molecule has 1 aromatic rings. The summed E-state index contributed by atoms with van der Waals surface area (Å²) in [5.41, 5.74) is 2.30. The van der Waals surface area contributed by atoms with E-state index in [1.807, 2.05) is 12.1 Å². The standard InChI is InChI=1S/C11H11Cl/c1-9(2)11-5-3-10(4-6-11)7-8-12/h3-6,9H,1-2H3. The average molecular weight is 179 g/mol. The fraction of sp³-hybridized carbons (Fsp3) is 0.273. The Kier molecular flexibility index (Phi) is 3.19. The summed E-state index contributed by atoms with van der Waals surface area (Å²) in [6, 6.07) is 8.15. The van der Waals surface area contributed by atoms with Crippen molar-refractivity contribution in [3.63, 3.8) is 0 Å². The van der Waals surface area contributed by atoms with Crippen LogP contribution in [-0.2, 0) is 0 Å². The van der Waals surface area contributed by atoms with Gasteiger partial charge in [-0.25, -0.2) is 0 Å². The minimum atomic E-state index is 0.572. The molecule has 12 heavy (non-hydrogen) atoms. The van der Waals surface area contributed by atoms with E-state index in [1.54, 1.807) is 0 Å². The number of rotatable bonds is 1. The smallest absolute Gasteiger partial charge is 0.0258 e. The van der Waals surface area contributed by atoms with Gasteiger partial charge in [-0.15, -0.1) is 0 Å². The molecule has 1 rings (SSSR count). The number of benzene rings is 1. The molecule has 0 unspecified atom stereocenters. The third-order valence-electron chi connectivity index (χ3n) is 1.77. The van der Waals surface area contributed by atoms with Gasteiger partial charge in [-0.1, -0.05) is 26.0 Å². The maximum Gasteiger partial charge on any atom is 0.0258 e. The van der Waals surface area contributed by atoms with Gasteiger partial charge in [0.25, 0.3) is 0 Å². The molecular formula is C11H11Cl. The van der Waals surface area contributed by atoms with E-state index < -0.39 is 0 Å². The fourth-order valence-corrected chi connectivity index (χ4v) is 1.12. The fourth-order valence-electron chi connectivity index (χ4n) is 1.01. The lowest BCUT2D eigenvalue weighted by Crippen LogP contribution is -1.86. The molecule has 0 aliphatic heterocycles. The Morgan fingerprint density at radius 1 is 1.17 bits per heavy atom. The molecule has 0 N–H and O–H groups in total. The van der Waals surface area contributed by atoms with Crippen LogP contribution in [0.1, 0.15) is 30.9 Å². The molecule has 0 saturated heterocycles. The maximum absolute atomic E-state index is 5.28. The van der Waals surface area contributed by atoms with Gasteiger partial charge in [-0.3, -0.25) is 0 Å². The van der Waals surface area contributed by atoms with Crippen LogP contribution in [0.2, 0.25) is 0 Å². The van der Waals surface area contributed by atoms with Gasteiger partial charge in [-0.05, 0) is 41.1 Å². The predicted molar refractivity (Wildman–Crippen MR) is 53.3 cm³/mol. The zero-order valence-electron chi connectivity index (χ0n) is 7.26. The van der Waals surface area contributed by atoms with Crippen molar-refractivity contribution in [2.24, 2.45) is 0 Å². The summed E-state index contributed by atoms with van der Waals surface area (Å²) in [6.45, 7) is 4.34. The van der Waals surface area contributed by atoms with E-state index in [2.05, 4.69) is 37.3 Å². The zero-order chi connectivity index (χ0) is 8.97. The van der Waals surface area contributed by atoms with Gasteiger partial charge in [0.1, 0.15) is 0 Å². The normalized spacial score (nSPS) is 9.33. The minimum Gasteiger partial charge on any atom is -0.0587 e. The van der Waals surface area contributed by atoms with Crippen molar-refractivity contribution in [1.82, 2.24) is 0 Å². The van der Waals surface area contributed by atoms with E-state index >= 15 is 0 Å². The third-order valence-corrected chi connectivity index (χ3v) is 1.86. The molecular weight excluding hydrogens is 168 g/mol. The summed E-state index contributed by atoms with van der Waals surface area (Å²) in [7, 11) is 0. The predicted octanol–water partition coefficient (Wildman–Crippen LogP) is 3.36. The zero-order valence-corrected chi connectivity index (χ0v) is 8.02. The van der Waals surface area contributed by atoms with Crippen LogP contribution in [0.25, 0.3) is 0 Å². The molecule has 0 heterocycles. The highest BCUT2D eigenvalue weighted by Crippen LogP contribution is 2.13. The molecule has 0 aliphatic rings. The van der Waals surface area contributed by atoms with Crippen LogP contribution in [0.5, 0.6) is 0 Å². The Hall–Kier alpha value is -0.930. The van der Waals surface area contributed by atoms with Crippen molar-refractivity contribution in [2.75, 3.05) is 0 Å². The van der Waals surface area contributed by atoms with Crippen molar-refractivity contribution in [3.8, 4) is 11.3 Å². The number of hydrogen-bond donors (Lipinski definition) is 0. The largest absolute Gasteiger partial charge is 0.0587 e. The molecule has 0 aromatic heterocycles. The van der Waals surface area contributed by atoms with Crippen molar-refractivity contribution >= 4 is 11.6 Å². The second-order valence-corrected chi connectivity index (χ2v) is 3.19. The van der Waals surface area contributed by atoms with Gasteiger partial charge in [0.2, 0.25) is 0 Å². The molecule has 1 aromatic carbocycles. The summed E-state index contributed by atoms with van der Waals surface area (Å²) < 4.78 is 0. The Bertz CT molecular complexity index is 298. The SMILES string of the molecule is CC(C)c1ccc(C#CCl)cc1. The van der Waals surface area contributed by atoms with E-state index in [4.69, 9.17) is 11.6 Å². The van der Waals surface area contributed by atoms with E-state index in [1.165, 1.54) is 5.56 Å². The molecule has 62 valence electrons. The second kappa shape index (κ2) is 4.18. The molecule has 0 fully saturated rings. The Labute approximate surface area is 78.6 Å². The number of hydrogen-bond acceptors (Lipinski definition) is 0. The van der Waals surface area contributed by atoms with E-state index in [-0.39, 0.29) is 0 Å². The summed E-state index contributed by atoms with van der Waals surface area (Å²) >= 11 is 5.28. The molecule has 0 amide bonds. The van der Waals surface area contributed by atoms with Gasteiger partial charge in [0.15, 0.2) is 0 Å². The molecule has 0 spiro atoms. The highest BCUT2D eigenvalue weighted by molar-refractivity contribution is 6.30. The van der Waals surface area contributed by atoms with Crippen LogP contribution in [0.4, 0.5) is 0 Å². The lowest BCUT2D eigenvalue weighted by Gasteiger charge is -2.03. The van der Waals surface area contributed by atoms with Crippen LogP contribution in [-0.4, -0.2) is 0 Å². The van der Waals surface area contributed by atoms with E-state index in [9.17, 15) is 0 Å². The van der Waals surface area contributed by atoms with E-state index in [0.29, 0.717) is 5.92 Å². The Morgan fingerprint density at radius 3 is 2.17 bits per heavy atom. The Morgan fingerprint density at radius 2 is 1.75 bits per heavy atom. The molecule has 1 heteroatoms. The van der Waals surface area contributed by atoms with Crippen molar-refractivity contribution in [1.29, 1.82) is 0 Å². The first kappa shape index (κ1) is 9.16. The van der Waals surface area contributed by atoms with Crippen molar-refractivity contribution in [3.05, 3.63) is 35.4 Å². The van der Waals surface area contributed by atoms with Crippen molar-refractivity contribution in [2.45, 2.75) is 19.8 Å². The van der Waals surface area contributed by atoms with Crippen LogP contribution in [0, 0.1) is 11.3 Å². The first-order valence-corrected chi connectivity index (χ1v) is 4.33. The molecule has 0 radical (unpaired) electrons. The van der Waals surface area contributed by atoms with Crippen molar-refractivity contribution < 1.29 is 0 Å². The first-order valence-electron chi connectivity index (χ1n) is 3.95. The lowest BCUT2D eigenvalue weighted by atomic mass is 10.0. The molecule has 0 atom stereocenters. The maximum atomic E-state index is 5.28. The van der Waals surface area contributed by atoms with Crippen LogP contribution >= 0.6 is 11.6 Å². The monoisotopic (exact) mass is 178 g/mol. The first-order chi connectivity index (χ1) is 5.74. The van der Waals surface area contributed by atoms with Gasteiger partial charge >= 0.3 is 0 Å². The van der Waals surface area contributed by atoms with Gasteiger partial charge in [0.05, 0.1) is 0 Å². The van der Waals surface area contributed by atoms with E-state index in [0.717, 1.165) is 5.56 Å². The summed E-state index contributed by atoms with van der Waals surface area (Å²) in [5, 5.41) is 2.35. The number of halogens is 1. The quantitative estimate of drug-likeness (QED) is 0.579. The summed E-state index contributed by atoms with van der Waals surface area (Å²) in [4.78, 5) is 0. The average Bonchev–Trinajstić information content (AvgIpc) is 2.06. The summed E-state index contributed by atoms with van der Waals surface area (Å²) in [6.07, 6.45) is 0. The lowest BCUT2D eigenvalue weighted by molar-refractivity contribution is 0.866. The minimum absolute atomic E-state index is 0.572. The second-order valence-electron chi connectivity index (χ2n) is 3.00. The highest BCUT2D eigenvalue weighted by atomic mass is 35.5. The third kappa shape index (κ3) is 2.29. The summed E-state index contributed by atoms with van der Waals surface area (Å²) in [5.74, 6) is 3.36. The van der Waals surface area contributed by atoms with Crippen LogP contribution in [0.15, 0.2) is 24.3 Å². The molecule has 0 saturated carbocycles. The van der Waals surface area contributed by atoms with Crippen LogP contribution in [0.3, 0.4) is 0 Å². The highest BCUT2D eigenvalue weighted by Gasteiger charge is 1.96. The molecule has 0 aliphatic carbocycles. The molecule has 0 nitrogen and oxygen atoms in total.